The summed E-state index contributed by atoms with van der Waals surface area (Å²) in [7, 11) is 0. The minimum absolute atomic E-state index is 0.651. The molecule has 0 aliphatic carbocycles. The first-order valence-electron chi connectivity index (χ1n) is 16.8. The van der Waals surface area contributed by atoms with Crippen LogP contribution in [0, 0.1) is 0 Å². The smallest absolute Gasteiger partial charge is 0.235 e. The maximum Gasteiger partial charge on any atom is 0.235 e. The van der Waals surface area contributed by atoms with Crippen molar-refractivity contribution in [1.82, 2.24) is 14.5 Å². The van der Waals surface area contributed by atoms with Crippen LogP contribution in [-0.4, -0.2) is 14.5 Å². The molecule has 0 unspecified atom stereocenters. The first-order valence-corrected chi connectivity index (χ1v) is 17.6. The molecule has 0 N–H and O–H groups in total. The molecule has 3 heterocycles. The molecule has 0 saturated heterocycles. The van der Waals surface area contributed by atoms with Crippen molar-refractivity contribution in [1.29, 1.82) is 0 Å². The van der Waals surface area contributed by atoms with E-state index in [1.807, 2.05) is 17.4 Å². The van der Waals surface area contributed by atoms with Crippen molar-refractivity contribution in [2.45, 2.75) is 0 Å². The summed E-state index contributed by atoms with van der Waals surface area (Å²) < 4.78 is 4.79. The van der Waals surface area contributed by atoms with Crippen LogP contribution in [0.1, 0.15) is 0 Å². The van der Waals surface area contributed by atoms with E-state index in [1.54, 1.807) is 0 Å². The molecule has 0 aliphatic heterocycles. The lowest BCUT2D eigenvalue weighted by atomic mass is 10.0. The number of benzene rings is 7. The molecular formula is C46H29N3S. The maximum atomic E-state index is 5.35. The molecule has 10 aromatic rings. The van der Waals surface area contributed by atoms with Crippen LogP contribution in [-0.2, 0) is 0 Å². The number of nitrogens with zero attached hydrogens (tertiary/aromatic N) is 3. The fraction of sp³-hybridized carbons (Fsp3) is 0. The zero-order valence-corrected chi connectivity index (χ0v) is 27.8. The topological polar surface area (TPSA) is 30.7 Å². The first kappa shape index (κ1) is 28.6. The highest BCUT2D eigenvalue weighted by Crippen LogP contribution is 2.39. The largest absolute Gasteiger partial charge is 0.278 e. The SMILES string of the molecule is c1ccc(-c2ccc3c(c2)c2cc(-c4ccccc4)ccc2n3-c2nc(-c3ccccc3)cc(-c3ccc4c(c3)sc3ccccc34)n2)cc1. The number of hydrogen-bond acceptors (Lipinski definition) is 3. The molecule has 0 spiro atoms. The average Bonchev–Trinajstić information content (AvgIpc) is 3.73. The summed E-state index contributed by atoms with van der Waals surface area (Å²) in [5.41, 5.74) is 10.8. The molecule has 7 aromatic carbocycles. The predicted octanol–water partition coefficient (Wildman–Crippen LogP) is 12.6. The molecule has 0 amide bonds. The van der Waals surface area contributed by atoms with Crippen LogP contribution in [0.4, 0.5) is 0 Å². The summed E-state index contributed by atoms with van der Waals surface area (Å²) in [6.45, 7) is 0. The minimum Gasteiger partial charge on any atom is -0.278 e. The highest BCUT2D eigenvalue weighted by Gasteiger charge is 2.19. The van der Waals surface area contributed by atoms with Crippen molar-refractivity contribution in [3.63, 3.8) is 0 Å². The summed E-state index contributed by atoms with van der Waals surface area (Å²) in [5, 5.41) is 4.90. The number of rotatable bonds is 5. The van der Waals surface area contributed by atoms with E-state index in [4.69, 9.17) is 9.97 Å². The number of aromatic nitrogens is 3. The molecular weight excluding hydrogens is 627 g/mol. The van der Waals surface area contributed by atoms with Crippen molar-refractivity contribution in [3.8, 4) is 50.7 Å². The van der Waals surface area contributed by atoms with Crippen molar-refractivity contribution < 1.29 is 0 Å². The van der Waals surface area contributed by atoms with Crippen LogP contribution in [0.15, 0.2) is 176 Å². The third-order valence-electron chi connectivity index (χ3n) is 9.64. The molecule has 3 aromatic heterocycles. The molecule has 3 nitrogen and oxygen atoms in total. The zero-order chi connectivity index (χ0) is 33.0. The van der Waals surface area contributed by atoms with Crippen LogP contribution in [0.5, 0.6) is 0 Å². The summed E-state index contributed by atoms with van der Waals surface area (Å²) >= 11 is 1.83. The Kier molecular flexibility index (Phi) is 6.68. The van der Waals surface area contributed by atoms with Gasteiger partial charge in [0.2, 0.25) is 5.95 Å². The maximum absolute atomic E-state index is 5.35. The number of thiophene rings is 1. The molecule has 0 saturated carbocycles. The Morgan fingerprint density at radius 2 is 0.840 bits per heavy atom. The van der Waals surface area contributed by atoms with Gasteiger partial charge in [0.1, 0.15) is 0 Å². The number of fused-ring (bicyclic) bond motifs is 6. The van der Waals surface area contributed by atoms with Crippen LogP contribution < -0.4 is 0 Å². The van der Waals surface area contributed by atoms with Gasteiger partial charge in [-0.25, -0.2) is 9.97 Å². The minimum atomic E-state index is 0.651. The average molecular weight is 656 g/mol. The fourth-order valence-electron chi connectivity index (χ4n) is 7.18. The first-order chi connectivity index (χ1) is 24.8. The van der Waals surface area contributed by atoms with Gasteiger partial charge in [0.05, 0.1) is 22.4 Å². The van der Waals surface area contributed by atoms with Gasteiger partial charge >= 0.3 is 0 Å². The Balaban J connectivity index is 1.23. The van der Waals surface area contributed by atoms with E-state index in [-0.39, 0.29) is 0 Å². The summed E-state index contributed by atoms with van der Waals surface area (Å²) in [4.78, 5) is 10.6. The Labute approximate surface area is 293 Å². The van der Waals surface area contributed by atoms with Crippen molar-refractivity contribution in [3.05, 3.63) is 176 Å². The fourth-order valence-corrected chi connectivity index (χ4v) is 8.33. The highest BCUT2D eigenvalue weighted by molar-refractivity contribution is 7.25. The molecule has 0 fully saturated rings. The molecule has 4 heteroatoms. The normalized spacial score (nSPS) is 11.6. The molecule has 0 radical (unpaired) electrons. The van der Waals surface area contributed by atoms with Crippen molar-refractivity contribution in [2.75, 3.05) is 0 Å². The Hall–Kier alpha value is -6.36. The molecule has 0 bridgehead atoms. The molecule has 0 aliphatic rings. The third-order valence-corrected chi connectivity index (χ3v) is 10.8. The zero-order valence-electron chi connectivity index (χ0n) is 27.0. The van der Waals surface area contributed by atoms with Gasteiger partial charge in [0.25, 0.3) is 0 Å². The van der Waals surface area contributed by atoms with E-state index in [9.17, 15) is 0 Å². The van der Waals surface area contributed by atoms with Gasteiger partial charge < -0.3 is 0 Å². The molecule has 0 atom stereocenters. The van der Waals surface area contributed by atoms with Gasteiger partial charge in [-0.2, -0.15) is 0 Å². The van der Waals surface area contributed by atoms with Crippen molar-refractivity contribution in [2.24, 2.45) is 0 Å². The van der Waals surface area contributed by atoms with Crippen LogP contribution in [0.3, 0.4) is 0 Å². The second-order valence-electron chi connectivity index (χ2n) is 12.6. The van der Waals surface area contributed by atoms with Gasteiger partial charge in [-0.05, 0) is 64.7 Å². The van der Waals surface area contributed by atoms with Gasteiger partial charge in [0.15, 0.2) is 0 Å². The predicted molar refractivity (Wildman–Crippen MR) is 211 cm³/mol. The van der Waals surface area contributed by atoms with Crippen LogP contribution in [0.25, 0.3) is 92.7 Å². The second kappa shape index (κ2) is 11.7. The lowest BCUT2D eigenvalue weighted by Gasteiger charge is -2.12. The summed E-state index contributed by atoms with van der Waals surface area (Å²) in [6.07, 6.45) is 0. The van der Waals surface area contributed by atoms with E-state index < -0.39 is 0 Å². The Morgan fingerprint density at radius 3 is 1.46 bits per heavy atom. The van der Waals surface area contributed by atoms with E-state index in [1.165, 1.54) is 53.2 Å². The molecule has 234 valence electrons. The van der Waals surface area contributed by atoms with Gasteiger partial charge in [0, 0.05) is 42.1 Å². The second-order valence-corrected chi connectivity index (χ2v) is 13.7. The molecule has 10 rings (SSSR count). The Bertz CT molecular complexity index is 2760. The van der Waals surface area contributed by atoms with Crippen LogP contribution in [0.2, 0.25) is 0 Å². The third kappa shape index (κ3) is 4.80. The lowest BCUT2D eigenvalue weighted by molar-refractivity contribution is 0.996. The van der Waals surface area contributed by atoms with Gasteiger partial charge in [-0.15, -0.1) is 11.3 Å². The van der Waals surface area contributed by atoms with Crippen LogP contribution >= 0.6 is 11.3 Å². The van der Waals surface area contributed by atoms with Crippen molar-refractivity contribution >= 4 is 53.3 Å². The van der Waals surface area contributed by atoms with E-state index in [0.29, 0.717) is 5.95 Å². The summed E-state index contributed by atoms with van der Waals surface area (Å²) in [6, 6.07) is 62.6. The summed E-state index contributed by atoms with van der Waals surface area (Å²) in [5.74, 6) is 0.651. The van der Waals surface area contributed by atoms with Gasteiger partial charge in [-0.1, -0.05) is 133 Å². The van der Waals surface area contributed by atoms with E-state index in [0.717, 1.165) is 33.5 Å². The Morgan fingerprint density at radius 1 is 0.340 bits per heavy atom. The highest BCUT2D eigenvalue weighted by atomic mass is 32.1. The number of hydrogen-bond donors (Lipinski definition) is 0. The van der Waals surface area contributed by atoms with Gasteiger partial charge in [-0.3, -0.25) is 4.57 Å². The van der Waals surface area contributed by atoms with E-state index >= 15 is 0 Å². The van der Waals surface area contributed by atoms with E-state index in [2.05, 4.69) is 174 Å². The monoisotopic (exact) mass is 655 g/mol. The lowest BCUT2D eigenvalue weighted by Crippen LogP contribution is -2.04. The standard InChI is InChI=1S/C46H29N3S/c1-4-12-30(13-5-1)33-21-24-42-38(26-33)39-27-34(31-14-6-2-7-15-31)22-25-43(39)49(42)46-47-40(32-16-8-3-9-17-32)29-41(48-46)35-20-23-37-36-18-10-11-19-44(36)50-45(37)28-35/h1-29H. The quantitative estimate of drug-likeness (QED) is 0.185. The molecule has 50 heavy (non-hydrogen) atoms.